The van der Waals surface area contributed by atoms with E-state index in [0.29, 0.717) is 33.4 Å². The molecule has 0 radical (unpaired) electrons. The third-order valence-corrected chi connectivity index (χ3v) is 16.0. The van der Waals surface area contributed by atoms with Crippen LogP contribution in [-0.2, 0) is 5.41 Å². The summed E-state index contributed by atoms with van der Waals surface area (Å²) in [4.78, 5) is 0. The van der Waals surface area contributed by atoms with E-state index in [-0.39, 0.29) is 11.5 Å². The molecule has 0 aliphatic heterocycles. The molecule has 0 aromatic heterocycles. The Balaban J connectivity index is 1.07. The maximum absolute atomic E-state index is 12.4. The molecule has 0 amide bonds. The van der Waals surface area contributed by atoms with E-state index in [1.807, 2.05) is 84.9 Å². The molecule has 0 spiro atoms. The number of phenols is 2. The summed E-state index contributed by atoms with van der Waals surface area (Å²) < 4.78 is 0. The van der Waals surface area contributed by atoms with Crippen LogP contribution in [0.3, 0.4) is 0 Å². The van der Waals surface area contributed by atoms with Gasteiger partial charge in [0, 0.05) is 44.5 Å². The normalized spacial score (nSPS) is 12.5. The molecular formula is C79H46O2. The molecule has 374 valence electrons. The summed E-state index contributed by atoms with van der Waals surface area (Å²) in [6, 6.07) is 77.4. The predicted octanol–water partition coefficient (Wildman–Crippen LogP) is 16.4. The highest BCUT2D eigenvalue weighted by Crippen LogP contribution is 2.57. The predicted molar refractivity (Wildman–Crippen MR) is 332 cm³/mol. The van der Waals surface area contributed by atoms with Crippen molar-refractivity contribution in [1.82, 2.24) is 0 Å². The monoisotopic (exact) mass is 1030 g/mol. The largest absolute Gasteiger partial charge is 0.508 e. The fourth-order valence-electron chi connectivity index (χ4n) is 12.3. The molecule has 0 fully saturated rings. The molecule has 2 N–H and O–H groups in total. The second kappa shape index (κ2) is 20.2. The van der Waals surface area contributed by atoms with Crippen LogP contribution in [0.1, 0.15) is 89.7 Å². The van der Waals surface area contributed by atoms with Crippen LogP contribution in [0.5, 0.6) is 11.5 Å². The van der Waals surface area contributed by atoms with Crippen LogP contribution in [0.4, 0.5) is 0 Å². The lowest BCUT2D eigenvalue weighted by molar-refractivity contribution is 0.467. The van der Waals surface area contributed by atoms with Gasteiger partial charge in [-0.15, -0.1) is 25.7 Å². The molecule has 2 nitrogen and oxygen atoms in total. The van der Waals surface area contributed by atoms with Crippen molar-refractivity contribution in [2.24, 2.45) is 0 Å². The Morgan fingerprint density at radius 1 is 0.333 bits per heavy atom. The molecule has 2 atom stereocenters. The van der Waals surface area contributed by atoms with Crippen molar-refractivity contribution < 1.29 is 10.2 Å². The van der Waals surface area contributed by atoms with Gasteiger partial charge in [-0.3, -0.25) is 0 Å². The molecule has 2 unspecified atom stereocenters. The minimum atomic E-state index is -1.04. The Labute approximate surface area is 472 Å². The standard InChI is InChI=1S/C79H46O2/c1-5-51-41-52(6-2)44-59(43-51)67(37-33-57-47-55-21-9-11-23-63(55)69-27-15-13-25-65(57)69)73-49-61(35-39-77(73)80)79(75-31-19-17-29-71(75)72-30-18-20-32-76(72)79)62-36-40-78(81)74(50-62)68(60-45-53(7-3)42-54(8-4)46-60)38-34-58-48-56-22-10-12-24-64(56)70-28-16-14-26-66(58)70/h1-4,9-32,35-36,39-50,67-68,80-81H. The number of aromatic hydroxyl groups is 2. The van der Waals surface area contributed by atoms with Crippen molar-refractivity contribution in [3.8, 4) is 95.7 Å². The maximum Gasteiger partial charge on any atom is 0.120 e. The molecule has 13 rings (SSSR count). The van der Waals surface area contributed by atoms with Crippen LogP contribution in [-0.4, -0.2) is 10.2 Å². The number of hydrogen-bond donors (Lipinski definition) is 2. The number of rotatable bonds is 6. The maximum atomic E-state index is 12.4. The number of benzene rings is 12. The summed E-state index contributed by atoms with van der Waals surface area (Å²) in [5.74, 6) is 24.4. The fourth-order valence-corrected chi connectivity index (χ4v) is 12.3. The molecule has 12 aromatic rings. The smallest absolute Gasteiger partial charge is 0.120 e. The van der Waals surface area contributed by atoms with E-state index in [4.69, 9.17) is 25.7 Å². The van der Waals surface area contributed by atoms with Crippen molar-refractivity contribution in [1.29, 1.82) is 0 Å². The van der Waals surface area contributed by atoms with Crippen LogP contribution in [0, 0.1) is 73.1 Å². The van der Waals surface area contributed by atoms with Crippen LogP contribution >= 0.6 is 0 Å². The van der Waals surface area contributed by atoms with Crippen molar-refractivity contribution in [3.63, 3.8) is 0 Å². The van der Waals surface area contributed by atoms with E-state index < -0.39 is 17.3 Å². The van der Waals surface area contributed by atoms with Crippen molar-refractivity contribution >= 4 is 43.1 Å². The quantitative estimate of drug-likeness (QED) is 0.129. The molecule has 0 bridgehead atoms. The first-order valence-corrected chi connectivity index (χ1v) is 26.6. The zero-order chi connectivity index (χ0) is 55.2. The summed E-state index contributed by atoms with van der Waals surface area (Å²) in [7, 11) is 0. The average Bonchev–Trinajstić information content (AvgIpc) is 4.10. The number of terminal acetylenes is 4. The third kappa shape index (κ3) is 8.39. The molecule has 12 aromatic carbocycles. The number of hydrogen-bond acceptors (Lipinski definition) is 2. The van der Waals surface area contributed by atoms with Gasteiger partial charge in [0.05, 0.1) is 17.3 Å². The molecular weight excluding hydrogens is 981 g/mol. The van der Waals surface area contributed by atoms with Crippen LogP contribution in [0.25, 0.3) is 54.2 Å². The van der Waals surface area contributed by atoms with Gasteiger partial charge in [0.2, 0.25) is 0 Å². The van der Waals surface area contributed by atoms with Crippen LogP contribution < -0.4 is 0 Å². The summed E-state index contributed by atoms with van der Waals surface area (Å²) in [6.45, 7) is 0. The van der Waals surface area contributed by atoms with Crippen molar-refractivity contribution in [3.05, 3.63) is 308 Å². The fraction of sp³-hybridized carbons (Fsp3) is 0.0380. The second-order valence-electron chi connectivity index (χ2n) is 20.4. The molecule has 0 heterocycles. The van der Waals surface area contributed by atoms with Gasteiger partial charge >= 0.3 is 0 Å². The number of phenolic OH excluding ortho intramolecular Hbond substituents is 2. The molecule has 1 aliphatic carbocycles. The minimum Gasteiger partial charge on any atom is -0.508 e. The Kier molecular flexibility index (Phi) is 12.3. The zero-order valence-electron chi connectivity index (χ0n) is 43.8. The van der Waals surface area contributed by atoms with E-state index in [1.54, 1.807) is 12.1 Å². The first-order chi connectivity index (χ1) is 39.8. The molecule has 81 heavy (non-hydrogen) atoms. The molecule has 2 heteroatoms. The second-order valence-corrected chi connectivity index (χ2v) is 20.4. The Morgan fingerprint density at radius 2 is 0.679 bits per heavy atom. The molecule has 0 saturated carbocycles. The topological polar surface area (TPSA) is 40.5 Å². The van der Waals surface area contributed by atoms with Gasteiger partial charge in [0.1, 0.15) is 11.5 Å². The van der Waals surface area contributed by atoms with Crippen LogP contribution in [0.2, 0.25) is 0 Å². The van der Waals surface area contributed by atoms with Gasteiger partial charge < -0.3 is 10.2 Å². The lowest BCUT2D eigenvalue weighted by Crippen LogP contribution is -2.29. The van der Waals surface area contributed by atoms with Crippen molar-refractivity contribution in [2.75, 3.05) is 0 Å². The Hall–Kier alpha value is -11.4. The first kappa shape index (κ1) is 49.2. The van der Waals surface area contributed by atoms with Gasteiger partial charge in [0.25, 0.3) is 0 Å². The number of fused-ring (bicyclic) bond motifs is 9. The van der Waals surface area contributed by atoms with Gasteiger partial charge in [-0.25, -0.2) is 0 Å². The highest BCUT2D eigenvalue weighted by molar-refractivity contribution is 6.11. The van der Waals surface area contributed by atoms with E-state index in [0.717, 1.165) is 98.7 Å². The van der Waals surface area contributed by atoms with E-state index >= 15 is 0 Å². The Bertz CT molecular complexity index is 4560. The SMILES string of the molecule is C#Cc1cc(C#C)cc(C(C#Cc2cc3ccccc3c3ccccc23)c2cc(C3(c4ccc(O)c(C(C#Cc5cc6ccccc6c6ccccc56)c5cc(C#C)cc(C#C)c5)c4)c4ccccc4-c4ccccc43)ccc2O)c1. The Morgan fingerprint density at radius 3 is 1.07 bits per heavy atom. The highest BCUT2D eigenvalue weighted by Gasteiger charge is 2.47. The minimum absolute atomic E-state index is 0.0464. The average molecular weight is 1030 g/mol. The van der Waals surface area contributed by atoms with E-state index in [1.165, 1.54) is 0 Å². The molecule has 1 aliphatic rings. The van der Waals surface area contributed by atoms with Gasteiger partial charge in [0.15, 0.2) is 0 Å². The zero-order valence-corrected chi connectivity index (χ0v) is 43.8. The lowest BCUT2D eigenvalue weighted by Gasteiger charge is -2.35. The first-order valence-electron chi connectivity index (χ1n) is 26.6. The summed E-state index contributed by atoms with van der Waals surface area (Å²) in [5, 5.41) is 33.5. The van der Waals surface area contributed by atoms with E-state index in [9.17, 15) is 10.2 Å². The third-order valence-electron chi connectivity index (χ3n) is 16.0. The van der Waals surface area contributed by atoms with Gasteiger partial charge in [-0.2, -0.15) is 0 Å². The summed E-state index contributed by atoms with van der Waals surface area (Å²) in [6.07, 6.45) is 24.5. The van der Waals surface area contributed by atoms with E-state index in [2.05, 4.69) is 181 Å². The van der Waals surface area contributed by atoms with Gasteiger partial charge in [-0.05, 0) is 160 Å². The molecule has 0 saturated heterocycles. The van der Waals surface area contributed by atoms with Gasteiger partial charge in [-0.1, -0.05) is 205 Å². The summed E-state index contributed by atoms with van der Waals surface area (Å²) in [5.41, 5.74) is 11.5. The highest BCUT2D eigenvalue weighted by atomic mass is 16.3. The van der Waals surface area contributed by atoms with Crippen LogP contribution in [0.15, 0.2) is 231 Å². The van der Waals surface area contributed by atoms with Crippen molar-refractivity contribution in [2.45, 2.75) is 17.3 Å². The summed E-state index contributed by atoms with van der Waals surface area (Å²) >= 11 is 0. The lowest BCUT2D eigenvalue weighted by atomic mass is 9.66.